The fourth-order valence-corrected chi connectivity index (χ4v) is 1.62. The van der Waals surface area contributed by atoms with E-state index in [1.807, 2.05) is 33.8 Å². The Kier molecular flexibility index (Phi) is 3.28. The molecule has 1 heterocycles. The minimum absolute atomic E-state index is 0. The molecule has 2 heteroatoms. The monoisotopic (exact) mass is 193 g/mol. The molecule has 0 atom stereocenters. The van der Waals surface area contributed by atoms with Crippen LogP contribution in [0.4, 0.5) is 5.69 Å². The molecule has 0 unspecified atom stereocenters. The Bertz CT molecular complexity index is 328. The minimum atomic E-state index is 0. The smallest absolute Gasteiger partial charge is 0.228 e. The molecule has 0 aromatic heterocycles. The highest BCUT2D eigenvalue weighted by Gasteiger charge is 2.20. The van der Waals surface area contributed by atoms with Gasteiger partial charge in [0.15, 0.2) is 0 Å². The standard InChI is InChI=1S/C10H11NO.C2H6.H2/c1-6-3-4-7(2)10-8(6)5-9(12)11-10;1-2;/h3-4H,5H2,1-2H3,(H,11,12);1-2H3;1H. The summed E-state index contributed by atoms with van der Waals surface area (Å²) in [6.45, 7) is 8.06. The molecule has 0 spiro atoms. The molecule has 0 radical (unpaired) electrons. The molecule has 1 amide bonds. The maximum Gasteiger partial charge on any atom is 0.228 e. The van der Waals surface area contributed by atoms with Crippen LogP contribution in [-0.2, 0) is 11.2 Å². The van der Waals surface area contributed by atoms with Gasteiger partial charge in [-0.15, -0.1) is 0 Å². The Morgan fingerprint density at radius 1 is 1.21 bits per heavy atom. The van der Waals surface area contributed by atoms with Crippen molar-refractivity contribution >= 4 is 11.6 Å². The van der Waals surface area contributed by atoms with Gasteiger partial charge in [0.2, 0.25) is 5.91 Å². The first-order valence-corrected chi connectivity index (χ1v) is 5.07. The van der Waals surface area contributed by atoms with Crippen molar-refractivity contribution in [3.8, 4) is 0 Å². The van der Waals surface area contributed by atoms with Crippen LogP contribution >= 0.6 is 0 Å². The number of anilines is 1. The summed E-state index contributed by atoms with van der Waals surface area (Å²) in [6.07, 6.45) is 0.544. The number of amides is 1. The predicted molar refractivity (Wildman–Crippen MR) is 61.7 cm³/mol. The van der Waals surface area contributed by atoms with Gasteiger partial charge in [0, 0.05) is 7.11 Å². The van der Waals surface area contributed by atoms with Crippen molar-refractivity contribution in [2.24, 2.45) is 0 Å². The lowest BCUT2D eigenvalue weighted by Gasteiger charge is -2.04. The van der Waals surface area contributed by atoms with Gasteiger partial charge in [-0.25, -0.2) is 0 Å². The maximum atomic E-state index is 11.1. The second-order valence-corrected chi connectivity index (χ2v) is 3.28. The first-order chi connectivity index (χ1) is 6.68. The van der Waals surface area contributed by atoms with Gasteiger partial charge in [-0.2, -0.15) is 0 Å². The molecule has 14 heavy (non-hydrogen) atoms. The quantitative estimate of drug-likeness (QED) is 0.674. The molecule has 1 aliphatic rings. The zero-order chi connectivity index (χ0) is 10.7. The Hall–Kier alpha value is -1.31. The summed E-state index contributed by atoms with van der Waals surface area (Å²) >= 11 is 0. The Morgan fingerprint density at radius 2 is 1.79 bits per heavy atom. The molecule has 0 aliphatic carbocycles. The summed E-state index contributed by atoms with van der Waals surface area (Å²) < 4.78 is 0. The van der Waals surface area contributed by atoms with Crippen LogP contribution < -0.4 is 5.32 Å². The van der Waals surface area contributed by atoms with E-state index in [0.717, 1.165) is 11.3 Å². The molecule has 1 N–H and O–H groups in total. The van der Waals surface area contributed by atoms with E-state index in [1.54, 1.807) is 0 Å². The average Bonchev–Trinajstić information content (AvgIpc) is 2.58. The number of hydrogen-bond donors (Lipinski definition) is 1. The SMILES string of the molecule is CC.Cc1ccc(C)c2c1CC(=O)N2.[HH]. The van der Waals surface area contributed by atoms with Crippen molar-refractivity contribution in [3.05, 3.63) is 28.8 Å². The van der Waals surface area contributed by atoms with Gasteiger partial charge in [-0.3, -0.25) is 4.79 Å². The highest BCUT2D eigenvalue weighted by atomic mass is 16.1. The average molecular weight is 193 g/mol. The Morgan fingerprint density at radius 3 is 2.36 bits per heavy atom. The number of aryl methyl sites for hydroxylation is 2. The molecule has 0 saturated heterocycles. The van der Waals surface area contributed by atoms with E-state index >= 15 is 0 Å². The third-order valence-corrected chi connectivity index (χ3v) is 2.36. The van der Waals surface area contributed by atoms with E-state index in [-0.39, 0.29) is 7.33 Å². The van der Waals surface area contributed by atoms with Crippen LogP contribution in [-0.4, -0.2) is 5.91 Å². The van der Waals surface area contributed by atoms with E-state index < -0.39 is 0 Å². The number of carbonyl (C=O) groups excluding carboxylic acids is 1. The summed E-state index contributed by atoms with van der Waals surface area (Å²) in [7, 11) is 0. The molecule has 78 valence electrons. The lowest BCUT2D eigenvalue weighted by Crippen LogP contribution is -2.04. The largest absolute Gasteiger partial charge is 0.325 e. The van der Waals surface area contributed by atoms with Crippen molar-refractivity contribution in [2.45, 2.75) is 34.1 Å². The van der Waals surface area contributed by atoms with Crippen LogP contribution in [0.2, 0.25) is 0 Å². The van der Waals surface area contributed by atoms with Crippen molar-refractivity contribution in [3.63, 3.8) is 0 Å². The number of hydrogen-bond acceptors (Lipinski definition) is 1. The van der Waals surface area contributed by atoms with Gasteiger partial charge in [-0.1, -0.05) is 26.0 Å². The second-order valence-electron chi connectivity index (χ2n) is 3.28. The van der Waals surface area contributed by atoms with E-state index in [4.69, 9.17) is 0 Å². The van der Waals surface area contributed by atoms with Gasteiger partial charge < -0.3 is 5.32 Å². The topological polar surface area (TPSA) is 29.1 Å². The van der Waals surface area contributed by atoms with Gasteiger partial charge in [0.05, 0.1) is 6.42 Å². The van der Waals surface area contributed by atoms with E-state index in [9.17, 15) is 4.79 Å². The third kappa shape index (κ3) is 1.79. The van der Waals surface area contributed by atoms with Gasteiger partial charge in [0.25, 0.3) is 0 Å². The van der Waals surface area contributed by atoms with Crippen molar-refractivity contribution in [2.75, 3.05) is 5.32 Å². The van der Waals surface area contributed by atoms with Crippen LogP contribution in [0.15, 0.2) is 12.1 Å². The molecule has 0 saturated carbocycles. The lowest BCUT2D eigenvalue weighted by atomic mass is 10.0. The summed E-state index contributed by atoms with van der Waals surface area (Å²) in [5.41, 5.74) is 4.55. The van der Waals surface area contributed by atoms with E-state index in [2.05, 4.69) is 11.4 Å². The Labute approximate surface area is 86.8 Å². The van der Waals surface area contributed by atoms with Gasteiger partial charge >= 0.3 is 0 Å². The van der Waals surface area contributed by atoms with Crippen LogP contribution in [0.3, 0.4) is 0 Å². The summed E-state index contributed by atoms with van der Waals surface area (Å²) in [4.78, 5) is 11.1. The minimum Gasteiger partial charge on any atom is -0.325 e. The molecule has 1 aliphatic heterocycles. The molecule has 0 fully saturated rings. The van der Waals surface area contributed by atoms with E-state index in [0.29, 0.717) is 6.42 Å². The highest BCUT2D eigenvalue weighted by Crippen LogP contribution is 2.29. The van der Waals surface area contributed by atoms with Crippen LogP contribution in [0.1, 0.15) is 32.0 Å². The van der Waals surface area contributed by atoms with E-state index in [1.165, 1.54) is 11.1 Å². The number of benzene rings is 1. The predicted octanol–water partition coefficient (Wildman–Crippen LogP) is 3.07. The third-order valence-electron chi connectivity index (χ3n) is 2.36. The zero-order valence-corrected chi connectivity index (χ0v) is 9.27. The number of rotatable bonds is 0. The number of nitrogens with one attached hydrogen (secondary N) is 1. The Balaban J connectivity index is 0.000000617. The second kappa shape index (κ2) is 4.27. The number of fused-ring (bicyclic) bond motifs is 1. The molecule has 2 nitrogen and oxygen atoms in total. The van der Waals surface area contributed by atoms with Crippen LogP contribution in [0, 0.1) is 13.8 Å². The fourth-order valence-electron chi connectivity index (χ4n) is 1.62. The normalized spacial score (nSPS) is 12.7. The van der Waals surface area contributed by atoms with Crippen molar-refractivity contribution in [1.29, 1.82) is 0 Å². The van der Waals surface area contributed by atoms with Crippen molar-refractivity contribution in [1.82, 2.24) is 0 Å². The molecule has 2 rings (SSSR count). The summed E-state index contributed by atoms with van der Waals surface area (Å²) in [5.74, 6) is 0.113. The molecule has 0 bridgehead atoms. The first kappa shape index (κ1) is 10.8. The molecule has 1 aromatic carbocycles. The van der Waals surface area contributed by atoms with Crippen molar-refractivity contribution < 1.29 is 6.22 Å². The fraction of sp³-hybridized carbons (Fsp3) is 0.417. The summed E-state index contributed by atoms with van der Waals surface area (Å²) in [6, 6.07) is 4.11. The van der Waals surface area contributed by atoms with Gasteiger partial charge in [-0.05, 0) is 30.5 Å². The highest BCUT2D eigenvalue weighted by molar-refractivity contribution is 6.00. The first-order valence-electron chi connectivity index (χ1n) is 5.07. The summed E-state index contributed by atoms with van der Waals surface area (Å²) in [5, 5.41) is 2.87. The van der Waals surface area contributed by atoms with Gasteiger partial charge in [0.1, 0.15) is 0 Å². The molecular formula is C12H19NO. The zero-order valence-electron chi connectivity index (χ0n) is 9.27. The number of carbonyl (C=O) groups is 1. The maximum absolute atomic E-state index is 11.1. The molecule has 1 aromatic rings. The molecular weight excluding hydrogens is 174 g/mol. The van der Waals surface area contributed by atoms with Crippen LogP contribution in [0.5, 0.6) is 0 Å². The van der Waals surface area contributed by atoms with Crippen LogP contribution in [0.25, 0.3) is 0 Å². The lowest BCUT2D eigenvalue weighted by molar-refractivity contribution is -0.115.